The Kier molecular flexibility index (Phi) is 6.50. The molecule has 0 radical (unpaired) electrons. The number of hydrogen-bond donors (Lipinski definition) is 1. The molecule has 4 amide bonds. The second-order valence-electron chi connectivity index (χ2n) is 11.5. The molecule has 3 heterocycles. The maximum atomic E-state index is 14.5. The lowest BCUT2D eigenvalue weighted by atomic mass is 9.67. The number of carbonyl (C=O) groups is 4. The highest BCUT2D eigenvalue weighted by Gasteiger charge is 2.73. The molecule has 0 aromatic carbocycles. The maximum absolute atomic E-state index is 14.5. The molecule has 0 aromatic heterocycles. The van der Waals surface area contributed by atoms with Crippen LogP contribution in [0.3, 0.4) is 0 Å². The van der Waals surface area contributed by atoms with Gasteiger partial charge < -0.3 is 24.5 Å². The second-order valence-corrected chi connectivity index (χ2v) is 11.5. The van der Waals surface area contributed by atoms with Crippen molar-refractivity contribution in [3.8, 4) is 0 Å². The zero-order valence-electron chi connectivity index (χ0n) is 22.3. The van der Waals surface area contributed by atoms with Gasteiger partial charge in [-0.15, -0.1) is 0 Å². The van der Waals surface area contributed by atoms with E-state index in [0.29, 0.717) is 19.4 Å². The summed E-state index contributed by atoms with van der Waals surface area (Å²) in [5.74, 6) is -1.19. The summed E-state index contributed by atoms with van der Waals surface area (Å²) in [6, 6.07) is -0.416. The van der Waals surface area contributed by atoms with Crippen molar-refractivity contribution in [3.63, 3.8) is 0 Å². The molecule has 3 aliphatic heterocycles. The number of ether oxygens (including phenoxy) is 1. The lowest BCUT2D eigenvalue weighted by Crippen LogP contribution is -2.81. The molecule has 0 aliphatic carbocycles. The van der Waals surface area contributed by atoms with Gasteiger partial charge in [-0.2, -0.15) is 0 Å². The first-order chi connectivity index (χ1) is 16.0. The Morgan fingerprint density at radius 2 is 1.83 bits per heavy atom. The smallest absolute Gasteiger partial charge is 0.410 e. The molecular weight excluding hydrogens is 454 g/mol. The molecule has 3 aliphatic rings. The van der Waals surface area contributed by atoms with Crippen LogP contribution >= 0.6 is 0 Å². The van der Waals surface area contributed by atoms with Gasteiger partial charge in [0.1, 0.15) is 17.8 Å². The van der Waals surface area contributed by atoms with Crippen LogP contribution in [-0.2, 0) is 19.1 Å². The van der Waals surface area contributed by atoms with E-state index in [1.54, 1.807) is 44.7 Å². The molecular formula is C24H39N5O6. The highest BCUT2D eigenvalue weighted by molar-refractivity contribution is 6.03. The highest BCUT2D eigenvalue weighted by Crippen LogP contribution is 2.53. The van der Waals surface area contributed by atoms with Crippen molar-refractivity contribution < 1.29 is 29.0 Å². The molecule has 3 fully saturated rings. The third-order valence-electron chi connectivity index (χ3n) is 7.80. The summed E-state index contributed by atoms with van der Waals surface area (Å²) in [4.78, 5) is 62.5. The van der Waals surface area contributed by atoms with Gasteiger partial charge in [0.2, 0.25) is 0 Å². The van der Waals surface area contributed by atoms with Crippen molar-refractivity contribution in [2.45, 2.75) is 90.3 Å². The molecule has 1 N–H and O–H groups in total. The van der Waals surface area contributed by atoms with E-state index >= 15 is 0 Å². The molecule has 3 saturated heterocycles. The topological polar surface area (TPSA) is 123 Å². The van der Waals surface area contributed by atoms with Crippen LogP contribution in [0.4, 0.5) is 4.79 Å². The van der Waals surface area contributed by atoms with Crippen molar-refractivity contribution in [2.75, 3.05) is 27.2 Å². The second kappa shape index (κ2) is 8.46. The van der Waals surface area contributed by atoms with Crippen LogP contribution in [-0.4, -0.2) is 111 Å². The minimum atomic E-state index is -1.55. The highest BCUT2D eigenvalue weighted by atomic mass is 16.6. The Hall–Kier alpha value is -2.69. The first kappa shape index (κ1) is 26.9. The van der Waals surface area contributed by atoms with Crippen LogP contribution in [0.25, 0.3) is 0 Å². The molecule has 196 valence electrons. The van der Waals surface area contributed by atoms with Crippen molar-refractivity contribution in [3.05, 3.63) is 0 Å². The minimum absolute atomic E-state index is 0.174. The third kappa shape index (κ3) is 3.70. The van der Waals surface area contributed by atoms with Crippen molar-refractivity contribution in [1.29, 1.82) is 0 Å². The SMILES string of the molecule is CC1N(CC(=O)N=CN(C)C)C(=O)C12CCCN2C(=O)[C@]1(C(C)(C)C)[C@@H](C)OC(C)(C)N1C(=O)O. The normalized spacial score (nSPS) is 32.5. The summed E-state index contributed by atoms with van der Waals surface area (Å²) in [7, 11) is 3.48. The van der Waals surface area contributed by atoms with E-state index in [1.165, 1.54) is 11.2 Å². The molecule has 4 atom stereocenters. The van der Waals surface area contributed by atoms with Crippen molar-refractivity contribution in [1.82, 2.24) is 19.6 Å². The summed E-state index contributed by atoms with van der Waals surface area (Å²) in [6.45, 7) is 12.4. The number of amides is 4. The molecule has 3 rings (SSSR count). The fourth-order valence-electron chi connectivity index (χ4n) is 6.45. The molecule has 35 heavy (non-hydrogen) atoms. The number of nitrogens with zero attached hydrogens (tertiary/aromatic N) is 5. The molecule has 0 saturated carbocycles. The standard InChI is InChI=1S/C24H39N5O6/c1-15-23(18(31)27(15)13-17(30)25-14-26(8)9)11-10-12-28(23)19(32)24(21(3,4)5)16(2)35-22(6,7)29(24)20(33)34/h14-16H,10-13H2,1-9H3,(H,33,34)/t15?,16-,23?,24+/m1/s1. The van der Waals surface area contributed by atoms with E-state index in [-0.39, 0.29) is 12.5 Å². The Bertz CT molecular complexity index is 957. The summed E-state index contributed by atoms with van der Waals surface area (Å²) >= 11 is 0. The molecule has 11 heteroatoms. The van der Waals surface area contributed by atoms with Gasteiger partial charge in [0, 0.05) is 20.6 Å². The maximum Gasteiger partial charge on any atom is 0.410 e. The predicted octanol–water partition coefficient (Wildman–Crippen LogP) is 1.61. The molecule has 0 aromatic rings. The number of rotatable bonds is 4. The molecule has 0 bridgehead atoms. The fourth-order valence-corrected chi connectivity index (χ4v) is 6.45. The molecule has 2 unspecified atom stereocenters. The van der Waals surface area contributed by atoms with Crippen LogP contribution in [0.2, 0.25) is 0 Å². The third-order valence-corrected chi connectivity index (χ3v) is 7.80. The van der Waals surface area contributed by atoms with Gasteiger partial charge in [0.15, 0.2) is 5.54 Å². The number of hydrogen-bond acceptors (Lipinski definition) is 5. The Morgan fingerprint density at radius 3 is 2.31 bits per heavy atom. The Balaban J connectivity index is 2.00. The monoisotopic (exact) mass is 493 g/mol. The van der Waals surface area contributed by atoms with E-state index in [1.807, 2.05) is 27.7 Å². The Labute approximate surface area is 207 Å². The van der Waals surface area contributed by atoms with Crippen LogP contribution in [0.5, 0.6) is 0 Å². The van der Waals surface area contributed by atoms with E-state index < -0.39 is 52.3 Å². The minimum Gasteiger partial charge on any atom is -0.465 e. The van der Waals surface area contributed by atoms with Crippen LogP contribution in [0.15, 0.2) is 4.99 Å². The lowest BCUT2D eigenvalue weighted by molar-refractivity contribution is -0.184. The van der Waals surface area contributed by atoms with E-state index in [9.17, 15) is 24.3 Å². The number of carboxylic acid groups (broad SMARTS) is 1. The molecule has 11 nitrogen and oxygen atoms in total. The van der Waals surface area contributed by atoms with E-state index in [4.69, 9.17) is 4.74 Å². The van der Waals surface area contributed by atoms with Gasteiger partial charge in [-0.3, -0.25) is 19.3 Å². The van der Waals surface area contributed by atoms with Crippen molar-refractivity contribution >= 4 is 30.2 Å². The molecule has 1 spiro atoms. The Morgan fingerprint density at radius 1 is 1.23 bits per heavy atom. The predicted molar refractivity (Wildman–Crippen MR) is 129 cm³/mol. The van der Waals surface area contributed by atoms with Crippen LogP contribution < -0.4 is 0 Å². The lowest BCUT2D eigenvalue weighted by Gasteiger charge is -2.59. The van der Waals surface area contributed by atoms with Gasteiger partial charge >= 0.3 is 6.09 Å². The van der Waals surface area contributed by atoms with Gasteiger partial charge in [0.25, 0.3) is 17.7 Å². The zero-order chi connectivity index (χ0) is 26.7. The number of aliphatic imine (C=N–C) groups is 1. The average Bonchev–Trinajstić information content (AvgIpc) is 3.27. The first-order valence-electron chi connectivity index (χ1n) is 12.0. The van der Waals surface area contributed by atoms with Crippen LogP contribution in [0, 0.1) is 5.41 Å². The van der Waals surface area contributed by atoms with Crippen molar-refractivity contribution in [2.24, 2.45) is 10.4 Å². The number of likely N-dealkylation sites (tertiary alicyclic amines) is 2. The van der Waals surface area contributed by atoms with Gasteiger partial charge in [-0.25, -0.2) is 9.79 Å². The van der Waals surface area contributed by atoms with E-state index in [2.05, 4.69) is 4.99 Å². The van der Waals surface area contributed by atoms with Gasteiger partial charge in [0.05, 0.1) is 18.5 Å². The summed E-state index contributed by atoms with van der Waals surface area (Å²) in [5.41, 5.74) is -4.74. The summed E-state index contributed by atoms with van der Waals surface area (Å²) in [5, 5.41) is 10.2. The van der Waals surface area contributed by atoms with Gasteiger partial charge in [-0.05, 0) is 46.0 Å². The zero-order valence-corrected chi connectivity index (χ0v) is 22.3. The summed E-state index contributed by atoms with van der Waals surface area (Å²) in [6.07, 6.45) is 0.442. The van der Waals surface area contributed by atoms with Gasteiger partial charge in [-0.1, -0.05) is 20.8 Å². The fraction of sp³-hybridized carbons (Fsp3) is 0.792. The quantitative estimate of drug-likeness (QED) is 0.359. The average molecular weight is 494 g/mol. The largest absolute Gasteiger partial charge is 0.465 e. The number of carbonyl (C=O) groups excluding carboxylic acids is 3. The summed E-state index contributed by atoms with van der Waals surface area (Å²) < 4.78 is 6.08. The van der Waals surface area contributed by atoms with Crippen LogP contribution in [0.1, 0.15) is 61.3 Å². The first-order valence-corrected chi connectivity index (χ1v) is 12.0. The number of β-lactam (4-membered cyclic amide) rings is 1. The van der Waals surface area contributed by atoms with E-state index in [0.717, 1.165) is 4.90 Å².